The number of rotatable bonds is 5. The maximum absolute atomic E-state index is 11.7. The fourth-order valence-electron chi connectivity index (χ4n) is 1.59. The summed E-state index contributed by atoms with van der Waals surface area (Å²) in [7, 11) is 0. The molecule has 0 aliphatic rings. The number of hydrogen-bond acceptors (Lipinski definition) is 3. The van der Waals surface area contributed by atoms with Crippen LogP contribution >= 0.6 is 35.0 Å². The number of hydrogen-bond donors (Lipinski definition) is 1. The zero-order valence-corrected chi connectivity index (χ0v) is 14.2. The predicted octanol–water partition coefficient (Wildman–Crippen LogP) is 4.54. The second-order valence-corrected chi connectivity index (χ2v) is 6.43. The lowest BCUT2D eigenvalue weighted by Crippen LogP contribution is -2.19. The zero-order valence-electron chi connectivity index (χ0n) is 11.8. The van der Waals surface area contributed by atoms with E-state index in [1.165, 1.54) is 23.5 Å². The molecule has 0 heterocycles. The quantitative estimate of drug-likeness (QED) is 0.487. The highest BCUT2D eigenvalue weighted by Crippen LogP contribution is 2.21. The van der Waals surface area contributed by atoms with Crippen molar-refractivity contribution < 1.29 is 4.79 Å². The molecule has 2 rings (SSSR count). The molecule has 0 fully saturated rings. The van der Waals surface area contributed by atoms with Gasteiger partial charge in [0.15, 0.2) is 0 Å². The maximum atomic E-state index is 11.7. The lowest BCUT2D eigenvalue weighted by Gasteiger charge is -2.01. The molecule has 0 atom stereocenters. The molecule has 6 heteroatoms. The first-order chi connectivity index (χ1) is 10.5. The van der Waals surface area contributed by atoms with Crippen molar-refractivity contribution in [2.75, 3.05) is 5.75 Å². The monoisotopic (exact) mass is 352 g/mol. The van der Waals surface area contributed by atoms with Crippen molar-refractivity contribution in [3.05, 3.63) is 63.6 Å². The largest absolute Gasteiger partial charge is 0.272 e. The number of benzene rings is 2. The highest BCUT2D eigenvalue weighted by atomic mass is 35.5. The summed E-state index contributed by atoms with van der Waals surface area (Å²) in [6, 6.07) is 13.1. The van der Waals surface area contributed by atoms with E-state index >= 15 is 0 Å². The van der Waals surface area contributed by atoms with Crippen LogP contribution in [0, 0.1) is 6.92 Å². The number of carbonyl (C=O) groups excluding carboxylic acids is 1. The van der Waals surface area contributed by atoms with Gasteiger partial charge in [0.05, 0.1) is 22.0 Å². The Balaban J connectivity index is 1.80. The molecule has 0 aromatic heterocycles. The van der Waals surface area contributed by atoms with E-state index in [9.17, 15) is 4.79 Å². The van der Waals surface area contributed by atoms with Crippen LogP contribution in [0.2, 0.25) is 10.0 Å². The topological polar surface area (TPSA) is 41.5 Å². The van der Waals surface area contributed by atoms with Crippen molar-refractivity contribution in [2.45, 2.75) is 11.8 Å². The molecule has 0 aliphatic heterocycles. The maximum Gasteiger partial charge on any atom is 0.250 e. The highest BCUT2D eigenvalue weighted by Gasteiger charge is 2.02. The van der Waals surface area contributed by atoms with Crippen LogP contribution in [0.5, 0.6) is 0 Å². The Morgan fingerprint density at radius 2 is 1.91 bits per heavy atom. The van der Waals surface area contributed by atoms with Crippen molar-refractivity contribution in [2.24, 2.45) is 5.10 Å². The smallest absolute Gasteiger partial charge is 0.250 e. The van der Waals surface area contributed by atoms with Gasteiger partial charge in [-0.25, -0.2) is 5.43 Å². The minimum atomic E-state index is -0.165. The molecule has 22 heavy (non-hydrogen) atoms. The Morgan fingerprint density at radius 1 is 1.18 bits per heavy atom. The van der Waals surface area contributed by atoms with Crippen LogP contribution in [-0.4, -0.2) is 17.9 Å². The molecule has 0 bridgehead atoms. The number of amides is 1. The van der Waals surface area contributed by atoms with Gasteiger partial charge in [0.1, 0.15) is 0 Å². The van der Waals surface area contributed by atoms with Gasteiger partial charge in [-0.15, -0.1) is 11.8 Å². The zero-order chi connectivity index (χ0) is 15.9. The van der Waals surface area contributed by atoms with E-state index in [1.807, 2.05) is 31.2 Å². The highest BCUT2D eigenvalue weighted by molar-refractivity contribution is 8.00. The molecule has 0 unspecified atom stereocenters. The first-order valence-corrected chi connectivity index (χ1v) is 8.25. The standard InChI is InChI=1S/C16H14Cl2N2OS/c1-11-2-5-13(6-3-11)22-10-16(21)20-19-9-12-4-7-14(17)15(18)8-12/h2-9H,10H2,1H3,(H,20,21)/b19-9+. The third-order valence-electron chi connectivity index (χ3n) is 2.74. The fourth-order valence-corrected chi connectivity index (χ4v) is 2.58. The molecular weight excluding hydrogens is 339 g/mol. The predicted molar refractivity (Wildman–Crippen MR) is 94.1 cm³/mol. The SMILES string of the molecule is Cc1ccc(SCC(=O)N/N=C/c2ccc(Cl)c(Cl)c2)cc1. The van der Waals surface area contributed by atoms with Gasteiger partial charge in [0.2, 0.25) is 5.91 Å². The number of carbonyl (C=O) groups is 1. The molecule has 0 spiro atoms. The molecule has 0 radical (unpaired) electrons. The molecule has 0 aliphatic carbocycles. The molecule has 1 amide bonds. The van der Waals surface area contributed by atoms with Crippen LogP contribution in [0.3, 0.4) is 0 Å². The fraction of sp³-hybridized carbons (Fsp3) is 0.125. The molecular formula is C16H14Cl2N2OS. The molecule has 0 saturated heterocycles. The van der Waals surface area contributed by atoms with Crippen LogP contribution in [0.1, 0.15) is 11.1 Å². The Bertz CT molecular complexity index is 687. The van der Waals surface area contributed by atoms with E-state index in [2.05, 4.69) is 10.5 Å². The van der Waals surface area contributed by atoms with Crippen molar-refractivity contribution in [1.29, 1.82) is 0 Å². The summed E-state index contributed by atoms with van der Waals surface area (Å²) in [5.74, 6) is 0.142. The number of thioether (sulfide) groups is 1. The van der Waals surface area contributed by atoms with Gasteiger partial charge in [0.25, 0.3) is 0 Å². The van der Waals surface area contributed by atoms with E-state index in [0.717, 1.165) is 10.5 Å². The normalized spacial score (nSPS) is 10.9. The molecule has 114 valence electrons. The summed E-state index contributed by atoms with van der Waals surface area (Å²) in [6.45, 7) is 2.03. The van der Waals surface area contributed by atoms with Gasteiger partial charge in [0, 0.05) is 4.90 Å². The first kappa shape index (κ1) is 16.9. The van der Waals surface area contributed by atoms with Gasteiger partial charge in [-0.2, -0.15) is 5.10 Å². The van der Waals surface area contributed by atoms with Crippen LogP contribution in [0.15, 0.2) is 52.5 Å². The summed E-state index contributed by atoms with van der Waals surface area (Å²) in [5.41, 5.74) is 4.44. The van der Waals surface area contributed by atoms with E-state index < -0.39 is 0 Å². The van der Waals surface area contributed by atoms with Crippen LogP contribution in [-0.2, 0) is 4.79 Å². The van der Waals surface area contributed by atoms with Gasteiger partial charge in [-0.3, -0.25) is 4.79 Å². The summed E-state index contributed by atoms with van der Waals surface area (Å²) >= 11 is 13.2. The third-order valence-corrected chi connectivity index (χ3v) is 4.49. The van der Waals surface area contributed by atoms with Crippen molar-refractivity contribution >= 4 is 47.1 Å². The minimum Gasteiger partial charge on any atom is -0.272 e. The summed E-state index contributed by atoms with van der Waals surface area (Å²) in [4.78, 5) is 12.8. The molecule has 2 aromatic carbocycles. The average molecular weight is 353 g/mol. The summed E-state index contributed by atoms with van der Waals surface area (Å²) in [5, 5.41) is 4.83. The molecule has 2 aromatic rings. The van der Waals surface area contributed by atoms with Gasteiger partial charge < -0.3 is 0 Å². The van der Waals surface area contributed by atoms with Gasteiger partial charge in [-0.1, -0.05) is 47.0 Å². The second-order valence-electron chi connectivity index (χ2n) is 4.57. The average Bonchev–Trinajstić information content (AvgIpc) is 2.50. The van der Waals surface area contributed by atoms with Crippen molar-refractivity contribution in [3.8, 4) is 0 Å². The molecule has 3 nitrogen and oxygen atoms in total. The number of hydrazone groups is 1. The number of aryl methyl sites for hydroxylation is 1. The number of halogens is 2. The Labute approximate surface area is 143 Å². The van der Waals surface area contributed by atoms with Crippen LogP contribution in [0.4, 0.5) is 0 Å². The van der Waals surface area contributed by atoms with Crippen molar-refractivity contribution in [3.63, 3.8) is 0 Å². The van der Waals surface area contributed by atoms with Crippen LogP contribution in [0.25, 0.3) is 0 Å². The summed E-state index contributed by atoms with van der Waals surface area (Å²) in [6.07, 6.45) is 1.52. The van der Waals surface area contributed by atoms with Gasteiger partial charge >= 0.3 is 0 Å². The van der Waals surface area contributed by atoms with E-state index in [1.54, 1.807) is 18.2 Å². The Kier molecular flexibility index (Phi) is 6.31. The van der Waals surface area contributed by atoms with Crippen LogP contribution < -0.4 is 5.43 Å². The second kappa shape index (κ2) is 8.22. The van der Waals surface area contributed by atoms with Crippen molar-refractivity contribution in [1.82, 2.24) is 5.43 Å². The van der Waals surface area contributed by atoms with E-state index in [4.69, 9.17) is 23.2 Å². The number of nitrogens with zero attached hydrogens (tertiary/aromatic N) is 1. The lowest BCUT2D eigenvalue weighted by atomic mass is 10.2. The molecule has 0 saturated carbocycles. The van der Waals surface area contributed by atoms with Gasteiger partial charge in [-0.05, 0) is 36.8 Å². The summed E-state index contributed by atoms with van der Waals surface area (Å²) < 4.78 is 0. The molecule has 1 N–H and O–H groups in total. The van der Waals surface area contributed by atoms with E-state index in [0.29, 0.717) is 15.8 Å². The Morgan fingerprint density at radius 3 is 2.59 bits per heavy atom. The third kappa shape index (κ3) is 5.37. The number of nitrogens with one attached hydrogen (secondary N) is 1. The lowest BCUT2D eigenvalue weighted by molar-refractivity contribution is -0.118. The Hall–Kier alpha value is -1.49. The first-order valence-electron chi connectivity index (χ1n) is 6.51. The minimum absolute atomic E-state index is 0.165. The van der Waals surface area contributed by atoms with E-state index in [-0.39, 0.29) is 5.91 Å².